The number of hydrogen-bond donors (Lipinski definition) is 5. The highest BCUT2D eigenvalue weighted by atomic mass is 16.5. The molecule has 1 unspecified atom stereocenters. The molecule has 10 nitrogen and oxygen atoms in total. The molecule has 2 heterocycles. The fourth-order valence-electron chi connectivity index (χ4n) is 2.65. The summed E-state index contributed by atoms with van der Waals surface area (Å²) >= 11 is 0. The van der Waals surface area contributed by atoms with Crippen molar-refractivity contribution in [1.29, 1.82) is 0 Å². The number of nitrogens with two attached hydrogens (primary N) is 1. The SMILES string of the molecule is CC(=O)N[C@@H]1[C@@H](N)C=C(C(=O)O)O[C@H]1C(O)C(=O)[C@@H]1CNCCO1. The number of ether oxygens (including phenoxy) is 2. The number of aliphatic hydroxyl groups excluding tert-OH is 1. The standard InChI is InChI=1S/C14H21N3O7/c1-6(18)17-10-7(15)4-8(14(21)22)24-13(10)12(20)11(19)9-5-16-2-3-23-9/h4,7,9-10,12-13,16,20H,2-3,5,15H2,1H3,(H,17,18)(H,21,22)/t7-,9-,10+,12?,13+/m0/s1. The molecule has 10 heteroatoms. The molecule has 134 valence electrons. The summed E-state index contributed by atoms with van der Waals surface area (Å²) < 4.78 is 10.5. The lowest BCUT2D eigenvalue weighted by atomic mass is 9.91. The van der Waals surface area contributed by atoms with Gasteiger partial charge in [-0.15, -0.1) is 0 Å². The number of carbonyl (C=O) groups is 3. The average Bonchev–Trinajstić information content (AvgIpc) is 2.55. The van der Waals surface area contributed by atoms with Gasteiger partial charge in [-0.05, 0) is 6.08 Å². The Morgan fingerprint density at radius 3 is 2.71 bits per heavy atom. The molecule has 1 amide bonds. The van der Waals surface area contributed by atoms with E-state index < -0.39 is 53.8 Å². The average molecular weight is 343 g/mol. The summed E-state index contributed by atoms with van der Waals surface area (Å²) in [5, 5.41) is 24.9. The van der Waals surface area contributed by atoms with Crippen molar-refractivity contribution in [2.45, 2.75) is 37.3 Å². The number of nitrogens with one attached hydrogen (secondary N) is 2. The molecule has 0 aliphatic carbocycles. The Labute approximate surface area is 138 Å². The van der Waals surface area contributed by atoms with Crippen molar-refractivity contribution in [2.24, 2.45) is 5.73 Å². The molecule has 1 saturated heterocycles. The van der Waals surface area contributed by atoms with Gasteiger partial charge in [0.15, 0.2) is 18.0 Å². The van der Waals surface area contributed by atoms with E-state index in [0.29, 0.717) is 13.2 Å². The van der Waals surface area contributed by atoms with Gasteiger partial charge in [0.2, 0.25) is 11.7 Å². The Morgan fingerprint density at radius 2 is 2.17 bits per heavy atom. The lowest BCUT2D eigenvalue weighted by Crippen LogP contribution is -2.62. The monoisotopic (exact) mass is 343 g/mol. The number of aliphatic carboxylic acids is 1. The van der Waals surface area contributed by atoms with Crippen LogP contribution in [-0.2, 0) is 23.9 Å². The first-order valence-corrected chi connectivity index (χ1v) is 7.50. The topological polar surface area (TPSA) is 160 Å². The number of aliphatic hydroxyl groups is 1. The molecule has 0 aromatic heterocycles. The summed E-state index contributed by atoms with van der Waals surface area (Å²) in [6, 6.07) is -1.90. The van der Waals surface area contributed by atoms with E-state index in [1.165, 1.54) is 6.92 Å². The molecule has 0 aromatic carbocycles. The summed E-state index contributed by atoms with van der Waals surface area (Å²) in [5.41, 5.74) is 5.86. The lowest BCUT2D eigenvalue weighted by molar-refractivity contribution is -0.154. The van der Waals surface area contributed by atoms with Crippen molar-refractivity contribution < 1.29 is 34.1 Å². The lowest BCUT2D eigenvalue weighted by Gasteiger charge is -2.38. The molecule has 5 atom stereocenters. The van der Waals surface area contributed by atoms with Crippen LogP contribution in [0.1, 0.15) is 6.92 Å². The van der Waals surface area contributed by atoms with E-state index in [1.807, 2.05) is 0 Å². The molecule has 24 heavy (non-hydrogen) atoms. The molecule has 0 bridgehead atoms. The van der Waals surface area contributed by atoms with E-state index in [9.17, 15) is 19.5 Å². The fraction of sp³-hybridized carbons (Fsp3) is 0.643. The van der Waals surface area contributed by atoms with Gasteiger partial charge < -0.3 is 36.1 Å². The molecule has 0 radical (unpaired) electrons. The molecule has 1 fully saturated rings. The number of morpholine rings is 1. The van der Waals surface area contributed by atoms with Crippen molar-refractivity contribution in [3.05, 3.63) is 11.8 Å². The first-order chi connectivity index (χ1) is 11.3. The first kappa shape index (κ1) is 18.3. The second-order valence-corrected chi connectivity index (χ2v) is 5.63. The van der Waals surface area contributed by atoms with Crippen molar-refractivity contribution >= 4 is 17.7 Å². The van der Waals surface area contributed by atoms with E-state index in [1.54, 1.807) is 0 Å². The molecule has 6 N–H and O–H groups in total. The highest BCUT2D eigenvalue weighted by Gasteiger charge is 2.44. The highest BCUT2D eigenvalue weighted by molar-refractivity contribution is 5.89. The minimum Gasteiger partial charge on any atom is -0.478 e. The van der Waals surface area contributed by atoms with Gasteiger partial charge in [0.05, 0.1) is 18.7 Å². The minimum atomic E-state index is -1.71. The zero-order valence-corrected chi connectivity index (χ0v) is 13.1. The molecule has 2 aliphatic heterocycles. The molecule has 2 aliphatic rings. The van der Waals surface area contributed by atoms with Gasteiger partial charge in [0.1, 0.15) is 6.10 Å². The second kappa shape index (κ2) is 7.71. The van der Waals surface area contributed by atoms with Crippen LogP contribution in [0.15, 0.2) is 11.8 Å². The maximum absolute atomic E-state index is 12.4. The third kappa shape index (κ3) is 4.09. The third-order valence-electron chi connectivity index (χ3n) is 3.80. The molecule has 0 aromatic rings. The number of carbonyl (C=O) groups excluding carboxylic acids is 2. The van der Waals surface area contributed by atoms with Crippen molar-refractivity contribution in [3.63, 3.8) is 0 Å². The predicted molar refractivity (Wildman–Crippen MR) is 79.8 cm³/mol. The summed E-state index contributed by atoms with van der Waals surface area (Å²) in [7, 11) is 0. The van der Waals surface area contributed by atoms with Crippen LogP contribution < -0.4 is 16.4 Å². The Morgan fingerprint density at radius 1 is 1.46 bits per heavy atom. The number of ketones is 1. The van der Waals surface area contributed by atoms with Crippen LogP contribution in [0.3, 0.4) is 0 Å². The number of amides is 1. The van der Waals surface area contributed by atoms with E-state index in [2.05, 4.69) is 10.6 Å². The molecular weight excluding hydrogens is 322 g/mol. The zero-order valence-electron chi connectivity index (χ0n) is 13.1. The van der Waals surface area contributed by atoms with Gasteiger partial charge >= 0.3 is 5.97 Å². The van der Waals surface area contributed by atoms with E-state index >= 15 is 0 Å². The van der Waals surface area contributed by atoms with Crippen LogP contribution >= 0.6 is 0 Å². The Balaban J connectivity index is 2.21. The molecular formula is C14H21N3O7. The summed E-state index contributed by atoms with van der Waals surface area (Å²) in [5.74, 6) is -2.98. The maximum Gasteiger partial charge on any atom is 0.370 e. The minimum absolute atomic E-state index is 0.223. The summed E-state index contributed by atoms with van der Waals surface area (Å²) in [6.07, 6.45) is -2.81. The van der Waals surface area contributed by atoms with Crippen molar-refractivity contribution in [1.82, 2.24) is 10.6 Å². The quantitative estimate of drug-likeness (QED) is 0.353. The van der Waals surface area contributed by atoms with Crippen molar-refractivity contribution in [3.8, 4) is 0 Å². The van der Waals surface area contributed by atoms with Gasteiger partial charge in [-0.2, -0.15) is 0 Å². The first-order valence-electron chi connectivity index (χ1n) is 7.50. The molecule has 0 spiro atoms. The number of Topliss-reactive ketones (excluding diaryl/α,β-unsaturated/α-hetero) is 1. The van der Waals surface area contributed by atoms with Gasteiger partial charge in [-0.1, -0.05) is 0 Å². The Hall–Kier alpha value is -2.01. The maximum atomic E-state index is 12.4. The second-order valence-electron chi connectivity index (χ2n) is 5.63. The van der Waals surface area contributed by atoms with Crippen LogP contribution in [0.4, 0.5) is 0 Å². The fourth-order valence-corrected chi connectivity index (χ4v) is 2.65. The van der Waals surface area contributed by atoms with E-state index in [0.717, 1.165) is 6.08 Å². The van der Waals surface area contributed by atoms with Gasteiger partial charge in [0, 0.05) is 20.0 Å². The smallest absolute Gasteiger partial charge is 0.370 e. The number of hydrogen-bond acceptors (Lipinski definition) is 8. The van der Waals surface area contributed by atoms with Crippen molar-refractivity contribution in [2.75, 3.05) is 19.7 Å². The normalized spacial score (nSPS) is 31.4. The van der Waals surface area contributed by atoms with Gasteiger partial charge in [0.25, 0.3) is 0 Å². The molecule has 2 rings (SSSR count). The summed E-state index contributed by atoms with van der Waals surface area (Å²) in [4.78, 5) is 34.9. The van der Waals surface area contributed by atoms with E-state index in [-0.39, 0.29) is 6.54 Å². The van der Waals surface area contributed by atoms with Crippen LogP contribution in [0.5, 0.6) is 0 Å². The predicted octanol–water partition coefficient (Wildman–Crippen LogP) is -2.90. The number of rotatable bonds is 5. The largest absolute Gasteiger partial charge is 0.478 e. The third-order valence-corrected chi connectivity index (χ3v) is 3.80. The zero-order chi connectivity index (χ0) is 17.9. The van der Waals surface area contributed by atoms with Crippen LogP contribution in [-0.4, -0.2) is 78.0 Å². The highest BCUT2D eigenvalue weighted by Crippen LogP contribution is 2.22. The van der Waals surface area contributed by atoms with Gasteiger partial charge in [-0.25, -0.2) is 4.79 Å². The number of carboxylic acids is 1. The number of carboxylic acid groups (broad SMARTS) is 1. The van der Waals surface area contributed by atoms with Crippen LogP contribution in [0.2, 0.25) is 0 Å². The van der Waals surface area contributed by atoms with Gasteiger partial charge in [-0.3, -0.25) is 9.59 Å². The van der Waals surface area contributed by atoms with Crippen LogP contribution in [0, 0.1) is 0 Å². The Kier molecular flexibility index (Phi) is 5.89. The van der Waals surface area contributed by atoms with E-state index in [4.69, 9.17) is 20.3 Å². The van der Waals surface area contributed by atoms with Crippen LogP contribution in [0.25, 0.3) is 0 Å². The molecule has 0 saturated carbocycles. The summed E-state index contributed by atoms with van der Waals surface area (Å²) in [6.45, 7) is 2.36. The Bertz CT molecular complexity index is 544.